The van der Waals surface area contributed by atoms with Crippen molar-refractivity contribution >= 4 is 29.1 Å². The number of aromatic nitrogens is 2. The van der Waals surface area contributed by atoms with Crippen molar-refractivity contribution in [2.24, 2.45) is 0 Å². The van der Waals surface area contributed by atoms with Crippen LogP contribution in [0.4, 0.5) is 17.5 Å². The molecule has 7 heteroatoms. The monoisotopic (exact) mass is 398 g/mol. The molecule has 0 aliphatic carbocycles. The van der Waals surface area contributed by atoms with Crippen molar-refractivity contribution in [3.63, 3.8) is 0 Å². The van der Waals surface area contributed by atoms with E-state index in [1.165, 1.54) is 5.56 Å². The average Bonchev–Trinajstić information content (AvgIpc) is 2.68. The maximum Gasteiger partial charge on any atom is 0.229 e. The highest BCUT2D eigenvalue weighted by Gasteiger charge is 2.06. The molecule has 0 saturated carbocycles. The molecule has 3 aromatic rings. The van der Waals surface area contributed by atoms with Gasteiger partial charge in [-0.2, -0.15) is 4.98 Å². The smallest absolute Gasteiger partial charge is 0.229 e. The number of hydrogen-bond acceptors (Lipinski definition) is 6. The van der Waals surface area contributed by atoms with Gasteiger partial charge in [0.2, 0.25) is 5.95 Å². The summed E-state index contributed by atoms with van der Waals surface area (Å²) in [6.07, 6.45) is 0.879. The van der Waals surface area contributed by atoms with Gasteiger partial charge in [-0.15, -0.1) is 0 Å². The van der Waals surface area contributed by atoms with Crippen LogP contribution in [-0.4, -0.2) is 30.7 Å². The number of methoxy groups -OCH3 is 2. The van der Waals surface area contributed by atoms with Gasteiger partial charge in [-0.25, -0.2) is 4.98 Å². The van der Waals surface area contributed by atoms with Gasteiger partial charge in [0.25, 0.3) is 0 Å². The molecule has 0 aliphatic rings. The van der Waals surface area contributed by atoms with Gasteiger partial charge in [0.15, 0.2) is 0 Å². The van der Waals surface area contributed by atoms with Crippen molar-refractivity contribution < 1.29 is 9.47 Å². The zero-order valence-electron chi connectivity index (χ0n) is 16.1. The molecule has 28 heavy (non-hydrogen) atoms. The summed E-state index contributed by atoms with van der Waals surface area (Å²) in [5.41, 5.74) is 2.88. The second-order valence-corrected chi connectivity index (χ2v) is 6.62. The van der Waals surface area contributed by atoms with Gasteiger partial charge in [-0.3, -0.25) is 0 Å². The summed E-state index contributed by atoms with van der Waals surface area (Å²) >= 11 is 6.18. The fourth-order valence-electron chi connectivity index (χ4n) is 2.72. The first kappa shape index (κ1) is 19.8. The number of nitrogens with zero attached hydrogens (tertiary/aromatic N) is 2. The zero-order chi connectivity index (χ0) is 19.9. The van der Waals surface area contributed by atoms with Gasteiger partial charge in [0.05, 0.1) is 19.2 Å². The van der Waals surface area contributed by atoms with Crippen LogP contribution in [-0.2, 0) is 6.42 Å². The minimum absolute atomic E-state index is 0.508. The van der Waals surface area contributed by atoms with E-state index >= 15 is 0 Å². The largest absolute Gasteiger partial charge is 0.497 e. The van der Waals surface area contributed by atoms with Crippen LogP contribution < -0.4 is 20.1 Å². The Morgan fingerprint density at radius 3 is 2.43 bits per heavy atom. The third-order valence-corrected chi connectivity index (χ3v) is 4.44. The predicted octanol–water partition coefficient (Wildman–Crippen LogP) is 4.85. The molecule has 0 saturated heterocycles. The van der Waals surface area contributed by atoms with Crippen LogP contribution in [0.5, 0.6) is 11.5 Å². The van der Waals surface area contributed by atoms with Gasteiger partial charge < -0.3 is 20.1 Å². The van der Waals surface area contributed by atoms with Crippen LogP contribution in [0.2, 0.25) is 5.02 Å². The van der Waals surface area contributed by atoms with Crippen molar-refractivity contribution in [2.45, 2.75) is 13.3 Å². The van der Waals surface area contributed by atoms with E-state index in [1.54, 1.807) is 26.4 Å². The lowest BCUT2D eigenvalue weighted by Crippen LogP contribution is -2.08. The Morgan fingerprint density at radius 2 is 1.75 bits per heavy atom. The Kier molecular flexibility index (Phi) is 6.55. The molecule has 0 bridgehead atoms. The highest BCUT2D eigenvalue weighted by Crippen LogP contribution is 2.28. The number of hydrogen-bond donors (Lipinski definition) is 2. The molecule has 2 aromatic carbocycles. The SMILES string of the molecule is COc1ccc(CCNc2cc(C)nc(Nc3ccc(OC)c(Cl)c3)n2)cc1. The molecular formula is C21H23ClN4O2. The molecule has 0 amide bonds. The van der Waals surface area contributed by atoms with Crippen molar-refractivity contribution in [2.75, 3.05) is 31.4 Å². The predicted molar refractivity (Wildman–Crippen MR) is 113 cm³/mol. The summed E-state index contributed by atoms with van der Waals surface area (Å²) in [7, 11) is 3.25. The topological polar surface area (TPSA) is 68.3 Å². The van der Waals surface area contributed by atoms with Crippen molar-refractivity contribution in [1.82, 2.24) is 9.97 Å². The number of nitrogens with one attached hydrogen (secondary N) is 2. The summed E-state index contributed by atoms with van der Waals surface area (Å²) < 4.78 is 10.4. The Labute approximate surface area is 169 Å². The highest BCUT2D eigenvalue weighted by molar-refractivity contribution is 6.32. The van der Waals surface area contributed by atoms with Gasteiger partial charge in [-0.05, 0) is 49.2 Å². The van der Waals surface area contributed by atoms with E-state index in [2.05, 4.69) is 32.7 Å². The summed E-state index contributed by atoms with van der Waals surface area (Å²) in [4.78, 5) is 8.97. The van der Waals surface area contributed by atoms with Crippen LogP contribution >= 0.6 is 11.6 Å². The second-order valence-electron chi connectivity index (χ2n) is 6.22. The van der Waals surface area contributed by atoms with E-state index in [0.29, 0.717) is 16.7 Å². The lowest BCUT2D eigenvalue weighted by molar-refractivity contribution is 0.414. The molecule has 0 unspecified atom stereocenters. The first-order valence-corrected chi connectivity index (χ1v) is 9.28. The van der Waals surface area contributed by atoms with Crippen molar-refractivity contribution in [3.8, 4) is 11.5 Å². The molecule has 146 valence electrons. The molecular weight excluding hydrogens is 376 g/mol. The van der Waals surface area contributed by atoms with Crippen LogP contribution in [0.15, 0.2) is 48.5 Å². The fraction of sp³-hybridized carbons (Fsp3) is 0.238. The molecule has 6 nitrogen and oxygen atoms in total. The van der Waals surface area contributed by atoms with Crippen LogP contribution in [0.25, 0.3) is 0 Å². The first-order chi connectivity index (χ1) is 13.6. The summed E-state index contributed by atoms with van der Waals surface area (Å²) in [6.45, 7) is 2.69. The molecule has 1 aromatic heterocycles. The third kappa shape index (κ3) is 5.27. The fourth-order valence-corrected chi connectivity index (χ4v) is 2.97. The van der Waals surface area contributed by atoms with E-state index in [0.717, 1.165) is 35.9 Å². The molecule has 0 spiro atoms. The molecule has 0 atom stereocenters. The van der Waals surface area contributed by atoms with E-state index in [9.17, 15) is 0 Å². The highest BCUT2D eigenvalue weighted by atomic mass is 35.5. The van der Waals surface area contributed by atoms with Crippen LogP contribution in [0.1, 0.15) is 11.3 Å². The van der Waals surface area contributed by atoms with Gasteiger partial charge in [-0.1, -0.05) is 23.7 Å². The lowest BCUT2D eigenvalue weighted by Gasteiger charge is -2.11. The van der Waals surface area contributed by atoms with Crippen LogP contribution in [0, 0.1) is 6.92 Å². The van der Waals surface area contributed by atoms with Gasteiger partial charge in [0.1, 0.15) is 17.3 Å². The number of halogens is 1. The van der Waals surface area contributed by atoms with Gasteiger partial charge >= 0.3 is 0 Å². The van der Waals surface area contributed by atoms with E-state index < -0.39 is 0 Å². The molecule has 0 aliphatic heterocycles. The Morgan fingerprint density at radius 1 is 0.964 bits per heavy atom. The normalized spacial score (nSPS) is 10.4. The number of aryl methyl sites for hydroxylation is 1. The standard InChI is InChI=1S/C21H23ClN4O2/c1-14-12-20(23-11-10-15-4-7-17(27-2)8-5-15)26-21(24-14)25-16-6-9-19(28-3)18(22)13-16/h4-9,12-13H,10-11H2,1-3H3,(H2,23,24,25,26). The quantitative estimate of drug-likeness (QED) is 0.565. The Bertz CT molecular complexity index is 932. The average molecular weight is 399 g/mol. The summed E-state index contributed by atoms with van der Waals surface area (Å²) in [6, 6.07) is 15.4. The summed E-state index contributed by atoms with van der Waals surface area (Å²) in [5, 5.41) is 7.06. The maximum absolute atomic E-state index is 6.18. The minimum Gasteiger partial charge on any atom is -0.497 e. The molecule has 3 rings (SSSR count). The number of rotatable bonds is 8. The van der Waals surface area contributed by atoms with Crippen molar-refractivity contribution in [1.29, 1.82) is 0 Å². The summed E-state index contributed by atoms with van der Waals surface area (Å²) in [5.74, 6) is 2.76. The van der Waals surface area contributed by atoms with Crippen molar-refractivity contribution in [3.05, 3.63) is 64.8 Å². The Balaban J connectivity index is 1.63. The maximum atomic E-state index is 6.18. The molecule has 2 N–H and O–H groups in total. The Hall–Kier alpha value is -2.99. The van der Waals surface area contributed by atoms with Gasteiger partial charge in [0, 0.05) is 24.0 Å². The van der Waals surface area contributed by atoms with E-state index in [-0.39, 0.29) is 0 Å². The minimum atomic E-state index is 0.508. The van der Waals surface area contributed by atoms with E-state index in [4.69, 9.17) is 21.1 Å². The number of benzene rings is 2. The van der Waals surface area contributed by atoms with Crippen LogP contribution in [0.3, 0.4) is 0 Å². The number of ether oxygens (including phenoxy) is 2. The molecule has 1 heterocycles. The third-order valence-electron chi connectivity index (χ3n) is 4.14. The van der Waals surface area contributed by atoms with E-state index in [1.807, 2.05) is 31.2 Å². The zero-order valence-corrected chi connectivity index (χ0v) is 16.9. The first-order valence-electron chi connectivity index (χ1n) is 8.90. The second kappa shape index (κ2) is 9.28. The number of anilines is 3. The lowest BCUT2D eigenvalue weighted by atomic mass is 10.1. The molecule has 0 fully saturated rings. The molecule has 0 radical (unpaired) electrons.